The molecule has 0 spiro atoms. The van der Waals surface area contributed by atoms with Crippen molar-refractivity contribution in [2.75, 3.05) is 20.0 Å². The average Bonchev–Trinajstić information content (AvgIpc) is 2.99. The van der Waals surface area contributed by atoms with Crippen LogP contribution in [0.5, 0.6) is 11.5 Å². The number of rotatable bonds is 3. The van der Waals surface area contributed by atoms with E-state index in [-0.39, 0.29) is 0 Å². The molecule has 104 valence electrons. The van der Waals surface area contributed by atoms with Crippen LogP contribution < -0.4 is 15.2 Å². The minimum Gasteiger partial charge on any atom is -0.497 e. The fraction of sp³-hybridized carbons (Fsp3) is 0.214. The van der Waals surface area contributed by atoms with E-state index in [4.69, 9.17) is 15.2 Å². The molecule has 2 N–H and O–H groups in total. The van der Waals surface area contributed by atoms with Crippen molar-refractivity contribution >= 4 is 22.1 Å². The zero-order valence-corrected chi connectivity index (χ0v) is 12.3. The van der Waals surface area contributed by atoms with Gasteiger partial charge in [0.05, 0.1) is 25.6 Å². The minimum absolute atomic E-state index is 0.654. The van der Waals surface area contributed by atoms with Crippen molar-refractivity contribution in [1.82, 2.24) is 9.38 Å². The molecule has 0 aliphatic rings. The summed E-state index contributed by atoms with van der Waals surface area (Å²) >= 11 is 1.55. The number of nitrogen functional groups attached to an aromatic ring is 1. The molecule has 2 aromatic heterocycles. The first-order valence-corrected chi connectivity index (χ1v) is 6.98. The van der Waals surface area contributed by atoms with Crippen LogP contribution in [0.1, 0.15) is 5.69 Å². The van der Waals surface area contributed by atoms with E-state index in [2.05, 4.69) is 4.98 Å². The summed E-state index contributed by atoms with van der Waals surface area (Å²) in [6.45, 7) is 1.90. The molecule has 0 aliphatic heterocycles. The lowest BCUT2D eigenvalue weighted by molar-refractivity contribution is 0.404. The predicted molar refractivity (Wildman–Crippen MR) is 80.8 cm³/mol. The summed E-state index contributed by atoms with van der Waals surface area (Å²) < 4.78 is 12.7. The zero-order chi connectivity index (χ0) is 14.3. The number of imidazole rings is 1. The maximum Gasteiger partial charge on any atom is 0.196 e. The molecule has 0 radical (unpaired) electrons. The molecular weight excluding hydrogens is 274 g/mol. The molecule has 2 heterocycles. The van der Waals surface area contributed by atoms with Gasteiger partial charge in [-0.15, -0.1) is 11.3 Å². The van der Waals surface area contributed by atoms with Crippen molar-refractivity contribution in [3.05, 3.63) is 29.3 Å². The Labute approximate surface area is 120 Å². The summed E-state index contributed by atoms with van der Waals surface area (Å²) in [4.78, 5) is 5.32. The lowest BCUT2D eigenvalue weighted by Gasteiger charge is -2.10. The summed E-state index contributed by atoms with van der Waals surface area (Å²) in [7, 11) is 3.29. The quantitative estimate of drug-likeness (QED) is 0.805. The number of aromatic nitrogens is 2. The van der Waals surface area contributed by atoms with Crippen molar-refractivity contribution in [1.29, 1.82) is 0 Å². The average molecular weight is 289 g/mol. The van der Waals surface area contributed by atoms with E-state index < -0.39 is 0 Å². The molecule has 0 atom stereocenters. The van der Waals surface area contributed by atoms with Gasteiger partial charge in [-0.3, -0.25) is 4.40 Å². The molecule has 0 unspecified atom stereocenters. The molecule has 5 nitrogen and oxygen atoms in total. The smallest absolute Gasteiger partial charge is 0.196 e. The van der Waals surface area contributed by atoms with Gasteiger partial charge < -0.3 is 15.2 Å². The molecule has 0 saturated heterocycles. The maximum absolute atomic E-state index is 6.12. The van der Waals surface area contributed by atoms with Gasteiger partial charge in [0, 0.05) is 10.9 Å². The number of anilines is 1. The van der Waals surface area contributed by atoms with Crippen molar-refractivity contribution in [3.8, 4) is 22.8 Å². The van der Waals surface area contributed by atoms with E-state index in [1.165, 1.54) is 0 Å². The number of nitrogens with zero attached hydrogens (tertiary/aromatic N) is 2. The molecule has 0 aliphatic carbocycles. The summed E-state index contributed by atoms with van der Waals surface area (Å²) in [6, 6.07) is 5.70. The second-order valence-corrected chi connectivity index (χ2v) is 5.22. The molecule has 1 aromatic carbocycles. The van der Waals surface area contributed by atoms with Crippen molar-refractivity contribution in [3.63, 3.8) is 0 Å². The van der Waals surface area contributed by atoms with Crippen molar-refractivity contribution in [2.45, 2.75) is 6.92 Å². The van der Waals surface area contributed by atoms with Gasteiger partial charge in [-0.1, -0.05) is 0 Å². The molecule has 3 rings (SSSR count). The Morgan fingerprint density at radius 3 is 2.75 bits per heavy atom. The zero-order valence-electron chi connectivity index (χ0n) is 11.5. The summed E-state index contributed by atoms with van der Waals surface area (Å²) in [6.07, 6.45) is 0. The lowest BCUT2D eigenvalue weighted by atomic mass is 10.1. The van der Waals surface area contributed by atoms with Gasteiger partial charge in [0.2, 0.25) is 0 Å². The molecule has 0 saturated carbocycles. The van der Waals surface area contributed by atoms with Crippen LogP contribution in [-0.2, 0) is 0 Å². The third kappa shape index (κ3) is 1.80. The Kier molecular flexibility index (Phi) is 3.02. The highest BCUT2D eigenvalue weighted by molar-refractivity contribution is 7.15. The van der Waals surface area contributed by atoms with Crippen LogP contribution in [0.4, 0.5) is 5.82 Å². The van der Waals surface area contributed by atoms with Gasteiger partial charge in [-0.2, -0.15) is 0 Å². The number of aryl methyl sites for hydroxylation is 1. The van der Waals surface area contributed by atoms with Crippen molar-refractivity contribution in [2.24, 2.45) is 0 Å². The minimum atomic E-state index is 0.654. The molecule has 0 fully saturated rings. The van der Waals surface area contributed by atoms with Crippen LogP contribution in [0.2, 0.25) is 0 Å². The van der Waals surface area contributed by atoms with Gasteiger partial charge >= 0.3 is 0 Å². The SMILES string of the molecule is COc1ccc(OC)c(-c2csc3nc(C)c(N)n23)c1. The van der Waals surface area contributed by atoms with E-state index in [1.807, 2.05) is 34.9 Å². The number of ether oxygens (including phenoxy) is 2. The van der Waals surface area contributed by atoms with Crippen LogP contribution in [0.3, 0.4) is 0 Å². The van der Waals surface area contributed by atoms with Gasteiger partial charge in [-0.25, -0.2) is 4.98 Å². The van der Waals surface area contributed by atoms with E-state index in [0.717, 1.165) is 33.4 Å². The van der Waals surface area contributed by atoms with Crippen molar-refractivity contribution < 1.29 is 9.47 Å². The molecule has 6 heteroatoms. The number of fused-ring (bicyclic) bond motifs is 1. The number of hydrogen-bond donors (Lipinski definition) is 1. The number of benzene rings is 1. The largest absolute Gasteiger partial charge is 0.497 e. The van der Waals surface area contributed by atoms with E-state index in [9.17, 15) is 0 Å². The third-order valence-corrected chi connectivity index (χ3v) is 4.09. The van der Waals surface area contributed by atoms with Crippen LogP contribution in [0, 0.1) is 6.92 Å². The van der Waals surface area contributed by atoms with E-state index in [0.29, 0.717) is 5.82 Å². The highest BCUT2D eigenvalue weighted by Gasteiger charge is 2.16. The Bertz CT molecular complexity index is 776. The summed E-state index contributed by atoms with van der Waals surface area (Å²) in [5, 5.41) is 2.02. The number of methoxy groups -OCH3 is 2. The first kappa shape index (κ1) is 12.8. The highest BCUT2D eigenvalue weighted by Crippen LogP contribution is 2.37. The number of nitrogens with two attached hydrogens (primary N) is 1. The van der Waals surface area contributed by atoms with Gasteiger partial charge in [0.15, 0.2) is 4.96 Å². The Hall–Kier alpha value is -2.21. The lowest BCUT2D eigenvalue weighted by Crippen LogP contribution is -1.97. The molecule has 0 bridgehead atoms. The summed E-state index contributed by atoms with van der Waals surface area (Å²) in [5.74, 6) is 2.20. The van der Waals surface area contributed by atoms with Crippen LogP contribution in [-0.4, -0.2) is 23.6 Å². The highest BCUT2D eigenvalue weighted by atomic mass is 32.1. The topological polar surface area (TPSA) is 61.8 Å². The summed E-state index contributed by atoms with van der Waals surface area (Å²) in [5.41, 5.74) is 8.84. The molecule has 0 amide bonds. The maximum atomic E-state index is 6.12. The second-order valence-electron chi connectivity index (χ2n) is 4.39. The predicted octanol–water partition coefficient (Wildman–Crippen LogP) is 2.97. The normalized spacial score (nSPS) is 10.9. The van der Waals surface area contributed by atoms with Crippen LogP contribution in [0.25, 0.3) is 16.2 Å². The number of hydrogen-bond acceptors (Lipinski definition) is 5. The Morgan fingerprint density at radius 2 is 2.05 bits per heavy atom. The van der Waals surface area contributed by atoms with Crippen LogP contribution in [0.15, 0.2) is 23.6 Å². The van der Waals surface area contributed by atoms with Crippen LogP contribution >= 0.6 is 11.3 Å². The van der Waals surface area contributed by atoms with Gasteiger partial charge in [-0.05, 0) is 25.1 Å². The van der Waals surface area contributed by atoms with E-state index >= 15 is 0 Å². The molecule has 3 aromatic rings. The Balaban J connectivity index is 2.29. The van der Waals surface area contributed by atoms with E-state index in [1.54, 1.807) is 25.6 Å². The number of thiazole rings is 1. The Morgan fingerprint density at radius 1 is 1.25 bits per heavy atom. The van der Waals surface area contributed by atoms with Gasteiger partial charge in [0.1, 0.15) is 17.3 Å². The first-order chi connectivity index (χ1) is 9.65. The fourth-order valence-corrected chi connectivity index (χ4v) is 3.13. The van der Waals surface area contributed by atoms with Gasteiger partial charge in [0.25, 0.3) is 0 Å². The second kappa shape index (κ2) is 4.72. The first-order valence-electron chi connectivity index (χ1n) is 6.10. The molecule has 20 heavy (non-hydrogen) atoms. The fourth-order valence-electron chi connectivity index (χ4n) is 2.19. The standard InChI is InChI=1S/C14H15N3O2S/c1-8-13(15)17-11(7-20-14(17)16-8)10-6-9(18-2)4-5-12(10)19-3/h4-7H,15H2,1-3H3. The molecular formula is C14H15N3O2S. The third-order valence-electron chi connectivity index (χ3n) is 3.27. The monoisotopic (exact) mass is 289 g/mol.